The molecule has 1 aliphatic rings. The molecule has 0 bridgehead atoms. The van der Waals surface area contributed by atoms with Crippen molar-refractivity contribution in [1.29, 1.82) is 0 Å². The molecule has 0 unspecified atom stereocenters. The minimum Gasteiger partial charge on any atom is -0.287 e. The SMILES string of the molecule is CC(=O)S[C@H]1CCCN1Cc1ccccc1. The molecule has 1 aliphatic heterocycles. The van der Waals surface area contributed by atoms with Crippen LogP contribution in [0.1, 0.15) is 25.3 Å². The summed E-state index contributed by atoms with van der Waals surface area (Å²) in [5, 5.41) is 0.614. The van der Waals surface area contributed by atoms with Crippen molar-refractivity contribution in [2.24, 2.45) is 0 Å². The first-order chi connectivity index (χ1) is 7.75. The first-order valence-electron chi connectivity index (χ1n) is 5.71. The van der Waals surface area contributed by atoms with E-state index in [1.807, 2.05) is 6.07 Å². The Morgan fingerprint density at radius 1 is 1.44 bits per heavy atom. The molecule has 0 aliphatic carbocycles. The van der Waals surface area contributed by atoms with Crippen molar-refractivity contribution in [3.8, 4) is 0 Å². The zero-order valence-corrected chi connectivity index (χ0v) is 10.4. The lowest BCUT2D eigenvalue weighted by molar-refractivity contribution is -0.109. The van der Waals surface area contributed by atoms with Crippen molar-refractivity contribution < 1.29 is 4.79 Å². The van der Waals surface area contributed by atoms with E-state index in [1.54, 1.807) is 6.92 Å². The fourth-order valence-electron chi connectivity index (χ4n) is 2.12. The molecule has 1 heterocycles. The zero-order valence-electron chi connectivity index (χ0n) is 9.56. The van der Waals surface area contributed by atoms with Crippen LogP contribution in [0.5, 0.6) is 0 Å². The molecule has 0 spiro atoms. The summed E-state index contributed by atoms with van der Waals surface area (Å²) in [7, 11) is 0. The fraction of sp³-hybridized carbons (Fsp3) is 0.462. The summed E-state index contributed by atoms with van der Waals surface area (Å²) in [6, 6.07) is 10.5. The highest BCUT2D eigenvalue weighted by Crippen LogP contribution is 2.28. The van der Waals surface area contributed by atoms with Gasteiger partial charge >= 0.3 is 0 Å². The van der Waals surface area contributed by atoms with E-state index in [4.69, 9.17) is 0 Å². The highest BCUT2D eigenvalue weighted by atomic mass is 32.2. The van der Waals surface area contributed by atoms with Crippen LogP contribution in [0.15, 0.2) is 30.3 Å². The van der Waals surface area contributed by atoms with Crippen molar-refractivity contribution in [2.45, 2.75) is 31.7 Å². The van der Waals surface area contributed by atoms with E-state index in [2.05, 4.69) is 29.2 Å². The third kappa shape index (κ3) is 3.09. The lowest BCUT2D eigenvalue weighted by atomic mass is 10.2. The summed E-state index contributed by atoms with van der Waals surface area (Å²) < 4.78 is 0. The third-order valence-electron chi connectivity index (χ3n) is 2.83. The van der Waals surface area contributed by atoms with Crippen molar-refractivity contribution >= 4 is 16.9 Å². The van der Waals surface area contributed by atoms with Gasteiger partial charge in [-0.3, -0.25) is 9.69 Å². The van der Waals surface area contributed by atoms with E-state index in [1.165, 1.54) is 23.7 Å². The van der Waals surface area contributed by atoms with E-state index in [-0.39, 0.29) is 5.12 Å². The van der Waals surface area contributed by atoms with Crippen LogP contribution in [0, 0.1) is 0 Å². The molecule has 1 atom stereocenters. The van der Waals surface area contributed by atoms with E-state index in [0.29, 0.717) is 5.37 Å². The highest BCUT2D eigenvalue weighted by Gasteiger charge is 2.25. The molecule has 86 valence electrons. The monoisotopic (exact) mass is 235 g/mol. The molecule has 0 saturated carbocycles. The predicted molar refractivity (Wildman–Crippen MR) is 68.1 cm³/mol. The van der Waals surface area contributed by atoms with Gasteiger partial charge in [0.1, 0.15) is 0 Å². The van der Waals surface area contributed by atoms with Gasteiger partial charge in [-0.15, -0.1) is 0 Å². The van der Waals surface area contributed by atoms with Crippen molar-refractivity contribution in [2.75, 3.05) is 6.54 Å². The lowest BCUT2D eigenvalue weighted by Crippen LogP contribution is -2.27. The summed E-state index contributed by atoms with van der Waals surface area (Å²) in [5.41, 5.74) is 1.33. The lowest BCUT2D eigenvalue weighted by Gasteiger charge is -2.22. The summed E-state index contributed by atoms with van der Waals surface area (Å²) in [5.74, 6) is 0. The summed E-state index contributed by atoms with van der Waals surface area (Å²) in [4.78, 5) is 13.5. The number of thioether (sulfide) groups is 1. The number of hydrogen-bond acceptors (Lipinski definition) is 3. The molecule has 2 rings (SSSR count). The standard InChI is InChI=1S/C13H17NOS/c1-11(15)16-13-8-5-9-14(13)10-12-6-3-2-4-7-12/h2-4,6-7,13H,5,8-10H2,1H3/t13-/m0/s1. The molecule has 3 heteroatoms. The summed E-state index contributed by atoms with van der Waals surface area (Å²) in [6.45, 7) is 3.73. The van der Waals surface area contributed by atoms with Crippen LogP contribution in [0.4, 0.5) is 0 Å². The average Bonchev–Trinajstić information content (AvgIpc) is 2.66. The number of nitrogens with zero attached hydrogens (tertiary/aromatic N) is 1. The first-order valence-corrected chi connectivity index (χ1v) is 6.59. The van der Waals surface area contributed by atoms with Crippen molar-refractivity contribution in [3.05, 3.63) is 35.9 Å². The molecule has 0 aromatic heterocycles. The van der Waals surface area contributed by atoms with Gasteiger partial charge in [-0.1, -0.05) is 42.1 Å². The summed E-state index contributed by atoms with van der Waals surface area (Å²) in [6.07, 6.45) is 2.34. The second-order valence-corrected chi connectivity index (χ2v) is 5.52. The Morgan fingerprint density at radius 2 is 2.19 bits per heavy atom. The van der Waals surface area contributed by atoms with Crippen LogP contribution >= 0.6 is 11.8 Å². The number of carbonyl (C=O) groups excluding carboxylic acids is 1. The number of benzene rings is 1. The van der Waals surface area contributed by atoms with E-state index in [0.717, 1.165) is 19.5 Å². The number of likely N-dealkylation sites (tertiary alicyclic amines) is 1. The van der Waals surface area contributed by atoms with Crippen molar-refractivity contribution in [1.82, 2.24) is 4.90 Å². The fourth-order valence-corrected chi connectivity index (χ4v) is 3.12. The maximum Gasteiger partial charge on any atom is 0.187 e. The van der Waals surface area contributed by atoms with Gasteiger partial charge in [0.25, 0.3) is 0 Å². The molecule has 1 fully saturated rings. The molecule has 0 N–H and O–H groups in total. The molecular formula is C13H17NOS. The van der Waals surface area contributed by atoms with Crippen LogP contribution in [0.2, 0.25) is 0 Å². The predicted octanol–water partition coefficient (Wildman–Crippen LogP) is 2.89. The normalized spacial score (nSPS) is 21.2. The Morgan fingerprint density at radius 3 is 2.88 bits per heavy atom. The van der Waals surface area contributed by atoms with Crippen LogP contribution < -0.4 is 0 Å². The average molecular weight is 235 g/mol. The van der Waals surface area contributed by atoms with Crippen LogP contribution in [-0.4, -0.2) is 21.9 Å². The Kier molecular flexibility index (Phi) is 4.02. The molecule has 1 aromatic carbocycles. The maximum atomic E-state index is 11.1. The second-order valence-electron chi connectivity index (χ2n) is 4.16. The van der Waals surface area contributed by atoms with Gasteiger partial charge < -0.3 is 0 Å². The summed E-state index contributed by atoms with van der Waals surface area (Å²) >= 11 is 1.48. The van der Waals surface area contributed by atoms with Gasteiger partial charge in [0.2, 0.25) is 0 Å². The molecular weight excluding hydrogens is 218 g/mol. The Hall–Kier alpha value is -0.800. The number of hydrogen-bond donors (Lipinski definition) is 0. The van der Waals surface area contributed by atoms with Crippen LogP contribution in [0.3, 0.4) is 0 Å². The van der Waals surface area contributed by atoms with E-state index < -0.39 is 0 Å². The Balaban J connectivity index is 1.96. The van der Waals surface area contributed by atoms with Gasteiger partial charge in [-0.2, -0.15) is 0 Å². The molecule has 2 nitrogen and oxygen atoms in total. The van der Waals surface area contributed by atoms with E-state index in [9.17, 15) is 4.79 Å². The van der Waals surface area contributed by atoms with Crippen LogP contribution in [-0.2, 0) is 11.3 Å². The minimum absolute atomic E-state index is 0.227. The van der Waals surface area contributed by atoms with Gasteiger partial charge in [0, 0.05) is 13.5 Å². The van der Waals surface area contributed by atoms with Gasteiger partial charge in [-0.25, -0.2) is 0 Å². The first kappa shape index (κ1) is 11.7. The smallest absolute Gasteiger partial charge is 0.187 e. The Labute approximate surface area is 101 Å². The topological polar surface area (TPSA) is 20.3 Å². The highest BCUT2D eigenvalue weighted by molar-refractivity contribution is 8.14. The van der Waals surface area contributed by atoms with Gasteiger partial charge in [-0.05, 0) is 24.9 Å². The molecule has 16 heavy (non-hydrogen) atoms. The van der Waals surface area contributed by atoms with Gasteiger partial charge in [0.05, 0.1) is 5.37 Å². The largest absolute Gasteiger partial charge is 0.287 e. The van der Waals surface area contributed by atoms with Crippen LogP contribution in [0.25, 0.3) is 0 Å². The molecule has 1 aromatic rings. The van der Waals surface area contributed by atoms with Gasteiger partial charge in [0.15, 0.2) is 5.12 Å². The zero-order chi connectivity index (χ0) is 11.4. The van der Waals surface area contributed by atoms with Crippen molar-refractivity contribution in [3.63, 3.8) is 0 Å². The molecule has 1 saturated heterocycles. The number of carbonyl (C=O) groups is 1. The second kappa shape index (κ2) is 5.51. The Bertz CT molecular complexity index is 352. The number of rotatable bonds is 3. The molecule has 0 amide bonds. The van der Waals surface area contributed by atoms with E-state index >= 15 is 0 Å². The third-order valence-corrected chi connectivity index (χ3v) is 3.97. The molecule has 0 radical (unpaired) electrons. The quantitative estimate of drug-likeness (QED) is 0.803. The minimum atomic E-state index is 0.227. The maximum absolute atomic E-state index is 11.1.